The molecular formula is C28H29ClN2O3. The highest BCUT2D eigenvalue weighted by atomic mass is 35.5. The second kappa shape index (κ2) is 10.3. The molecule has 4 rings (SSSR count). The van der Waals surface area contributed by atoms with E-state index in [1.165, 1.54) is 0 Å². The van der Waals surface area contributed by atoms with Gasteiger partial charge in [0.25, 0.3) is 5.91 Å². The zero-order valence-corrected chi connectivity index (χ0v) is 20.2. The number of hydrogen-bond acceptors (Lipinski definition) is 3. The Kier molecular flexibility index (Phi) is 7.25. The Labute approximate surface area is 204 Å². The Morgan fingerprint density at radius 3 is 2.65 bits per heavy atom. The van der Waals surface area contributed by atoms with E-state index in [4.69, 9.17) is 16.3 Å². The molecule has 3 N–H and O–H groups in total. The van der Waals surface area contributed by atoms with Crippen molar-refractivity contribution >= 4 is 28.4 Å². The minimum absolute atomic E-state index is 0.211. The van der Waals surface area contributed by atoms with Gasteiger partial charge in [-0.1, -0.05) is 54.9 Å². The molecular weight excluding hydrogens is 448 g/mol. The summed E-state index contributed by atoms with van der Waals surface area (Å²) in [5.41, 5.74) is 3.38. The molecule has 1 aromatic heterocycles. The fourth-order valence-electron chi connectivity index (χ4n) is 4.07. The summed E-state index contributed by atoms with van der Waals surface area (Å²) in [7, 11) is 0. The first-order chi connectivity index (χ1) is 16.4. The van der Waals surface area contributed by atoms with E-state index in [0.717, 1.165) is 34.0 Å². The number of carbonyl (C=O) groups excluding carboxylic acids is 1. The second-order valence-corrected chi connectivity index (χ2v) is 9.22. The van der Waals surface area contributed by atoms with Gasteiger partial charge in [-0.3, -0.25) is 4.79 Å². The Morgan fingerprint density at radius 1 is 1.09 bits per heavy atom. The van der Waals surface area contributed by atoms with Crippen LogP contribution >= 0.6 is 11.6 Å². The molecule has 6 heteroatoms. The van der Waals surface area contributed by atoms with E-state index in [1.54, 1.807) is 0 Å². The number of fused-ring (bicyclic) bond motifs is 1. The maximum absolute atomic E-state index is 13.5. The van der Waals surface area contributed by atoms with Gasteiger partial charge in [0.1, 0.15) is 5.75 Å². The summed E-state index contributed by atoms with van der Waals surface area (Å²) in [4.78, 5) is 16.8. The highest BCUT2D eigenvalue weighted by Crippen LogP contribution is 2.30. The van der Waals surface area contributed by atoms with E-state index in [2.05, 4.69) is 10.3 Å². The molecule has 0 aliphatic carbocycles. The number of aromatic nitrogens is 1. The third kappa shape index (κ3) is 5.27. The van der Waals surface area contributed by atoms with Crippen molar-refractivity contribution in [1.82, 2.24) is 10.3 Å². The highest BCUT2D eigenvalue weighted by molar-refractivity contribution is 6.30. The zero-order valence-electron chi connectivity index (χ0n) is 19.4. The van der Waals surface area contributed by atoms with Crippen LogP contribution in [0.5, 0.6) is 5.75 Å². The Balaban J connectivity index is 1.64. The fraction of sp³-hybridized carbons (Fsp3) is 0.250. The summed E-state index contributed by atoms with van der Waals surface area (Å²) in [6.07, 6.45) is 3.23. The monoisotopic (exact) mass is 476 g/mol. The average Bonchev–Trinajstić information content (AvgIpc) is 3.25. The first kappa shape index (κ1) is 23.9. The van der Waals surface area contributed by atoms with Crippen molar-refractivity contribution < 1.29 is 14.6 Å². The maximum atomic E-state index is 13.5. The van der Waals surface area contributed by atoms with Gasteiger partial charge in [0.2, 0.25) is 0 Å². The van der Waals surface area contributed by atoms with E-state index in [0.29, 0.717) is 29.4 Å². The summed E-state index contributed by atoms with van der Waals surface area (Å²) in [5, 5.41) is 15.0. The molecule has 0 spiro atoms. The molecule has 0 aliphatic rings. The summed E-state index contributed by atoms with van der Waals surface area (Å²) in [6, 6.07) is 21.0. The summed E-state index contributed by atoms with van der Waals surface area (Å²) in [5.74, 6) is 0.212. The molecule has 0 radical (unpaired) electrons. The Bertz CT molecular complexity index is 1300. The number of para-hydroxylation sites is 1. The number of rotatable bonds is 9. The SMILES string of the molecule is CCCOc1ccc(-c2cccc(Cl)c2)cc1C(=O)N[C@@](C)(CO)Cc1c[nH]c2ccccc12. The van der Waals surface area contributed by atoms with Crippen molar-refractivity contribution in [2.45, 2.75) is 32.2 Å². The van der Waals surface area contributed by atoms with Gasteiger partial charge in [0.05, 0.1) is 24.3 Å². The number of ether oxygens (including phenoxy) is 1. The van der Waals surface area contributed by atoms with Gasteiger partial charge in [-0.15, -0.1) is 0 Å². The molecule has 1 heterocycles. The summed E-state index contributed by atoms with van der Waals surface area (Å²) in [6.45, 7) is 4.16. The minimum atomic E-state index is -0.865. The lowest BCUT2D eigenvalue weighted by atomic mass is 9.92. The molecule has 34 heavy (non-hydrogen) atoms. The molecule has 4 aromatic rings. The quantitative estimate of drug-likeness (QED) is 0.277. The van der Waals surface area contributed by atoms with Gasteiger partial charge in [0, 0.05) is 22.1 Å². The van der Waals surface area contributed by atoms with Crippen LogP contribution < -0.4 is 10.1 Å². The van der Waals surface area contributed by atoms with Crippen molar-refractivity contribution in [3.8, 4) is 16.9 Å². The number of H-pyrrole nitrogens is 1. The third-order valence-corrected chi connectivity index (χ3v) is 6.10. The molecule has 5 nitrogen and oxygen atoms in total. The first-order valence-electron chi connectivity index (χ1n) is 11.4. The molecule has 176 valence electrons. The number of aromatic amines is 1. The van der Waals surface area contributed by atoms with Gasteiger partial charge in [-0.05, 0) is 66.8 Å². The number of aliphatic hydroxyl groups is 1. The topological polar surface area (TPSA) is 74.3 Å². The van der Waals surface area contributed by atoms with E-state index in [-0.39, 0.29) is 12.5 Å². The highest BCUT2D eigenvalue weighted by Gasteiger charge is 2.29. The van der Waals surface area contributed by atoms with Crippen LogP contribution in [-0.4, -0.2) is 34.8 Å². The first-order valence-corrected chi connectivity index (χ1v) is 11.8. The zero-order chi connectivity index (χ0) is 24.1. The van der Waals surface area contributed by atoms with Crippen molar-refractivity contribution in [3.63, 3.8) is 0 Å². The number of amides is 1. The van der Waals surface area contributed by atoms with Crippen molar-refractivity contribution in [2.24, 2.45) is 0 Å². The molecule has 1 atom stereocenters. The van der Waals surface area contributed by atoms with E-state index >= 15 is 0 Å². The van der Waals surface area contributed by atoms with Crippen LogP contribution in [0.2, 0.25) is 5.02 Å². The molecule has 0 aliphatic heterocycles. The van der Waals surface area contributed by atoms with Crippen LogP contribution in [0.4, 0.5) is 0 Å². The van der Waals surface area contributed by atoms with Crippen molar-refractivity contribution in [3.05, 3.63) is 89.1 Å². The number of nitrogens with one attached hydrogen (secondary N) is 2. The molecule has 0 bridgehead atoms. The van der Waals surface area contributed by atoms with Gasteiger partial charge < -0.3 is 20.1 Å². The largest absolute Gasteiger partial charge is 0.493 e. The Morgan fingerprint density at radius 2 is 1.88 bits per heavy atom. The normalized spacial score (nSPS) is 12.9. The lowest BCUT2D eigenvalue weighted by Crippen LogP contribution is -2.50. The van der Waals surface area contributed by atoms with Crippen LogP contribution in [0.15, 0.2) is 72.9 Å². The molecule has 0 saturated carbocycles. The predicted octanol–water partition coefficient (Wildman–Crippen LogP) is 6.00. The van der Waals surface area contributed by atoms with Crippen molar-refractivity contribution in [1.29, 1.82) is 0 Å². The standard InChI is InChI=1S/C28H29ClN2O3/c1-3-13-34-26-12-11-20(19-7-6-8-22(29)14-19)15-24(26)27(33)31-28(2,18-32)16-21-17-30-25-10-5-4-9-23(21)25/h4-12,14-15,17,30,32H,3,13,16,18H2,1-2H3,(H,31,33)/t28-/m1/s1. The van der Waals surface area contributed by atoms with E-state index in [9.17, 15) is 9.90 Å². The minimum Gasteiger partial charge on any atom is -0.493 e. The molecule has 0 unspecified atom stereocenters. The van der Waals surface area contributed by atoms with E-state index < -0.39 is 5.54 Å². The van der Waals surface area contributed by atoms with Crippen LogP contribution in [0.25, 0.3) is 22.0 Å². The number of halogens is 1. The molecule has 0 fully saturated rings. The fourth-order valence-corrected chi connectivity index (χ4v) is 4.26. The molecule has 3 aromatic carbocycles. The number of hydrogen-bond donors (Lipinski definition) is 3. The van der Waals surface area contributed by atoms with Crippen LogP contribution in [0.1, 0.15) is 36.2 Å². The number of aliphatic hydroxyl groups excluding tert-OH is 1. The Hall–Kier alpha value is -3.28. The van der Waals surface area contributed by atoms with Crippen LogP contribution in [-0.2, 0) is 6.42 Å². The second-order valence-electron chi connectivity index (χ2n) is 8.78. The number of benzene rings is 3. The van der Waals surface area contributed by atoms with Crippen molar-refractivity contribution in [2.75, 3.05) is 13.2 Å². The average molecular weight is 477 g/mol. The van der Waals surface area contributed by atoms with E-state index in [1.807, 2.05) is 86.8 Å². The van der Waals surface area contributed by atoms with Gasteiger partial charge >= 0.3 is 0 Å². The lowest BCUT2D eigenvalue weighted by molar-refractivity contribution is 0.0848. The molecule has 1 amide bonds. The third-order valence-electron chi connectivity index (χ3n) is 5.86. The van der Waals surface area contributed by atoms with Gasteiger partial charge in [0.15, 0.2) is 0 Å². The lowest BCUT2D eigenvalue weighted by Gasteiger charge is -2.29. The summed E-state index contributed by atoms with van der Waals surface area (Å²) >= 11 is 6.18. The number of carbonyl (C=O) groups is 1. The summed E-state index contributed by atoms with van der Waals surface area (Å²) < 4.78 is 5.88. The smallest absolute Gasteiger partial charge is 0.255 e. The maximum Gasteiger partial charge on any atom is 0.255 e. The van der Waals surface area contributed by atoms with Gasteiger partial charge in [-0.2, -0.15) is 0 Å². The van der Waals surface area contributed by atoms with Gasteiger partial charge in [-0.25, -0.2) is 0 Å². The van der Waals surface area contributed by atoms with Crippen LogP contribution in [0, 0.1) is 0 Å². The molecule has 0 saturated heterocycles. The van der Waals surface area contributed by atoms with Crippen LogP contribution in [0.3, 0.4) is 0 Å². The predicted molar refractivity (Wildman–Crippen MR) is 138 cm³/mol.